The van der Waals surface area contributed by atoms with Crippen molar-refractivity contribution in [1.82, 2.24) is 24.8 Å². The van der Waals surface area contributed by atoms with Gasteiger partial charge < -0.3 is 15.2 Å². The summed E-state index contributed by atoms with van der Waals surface area (Å²) in [5.41, 5.74) is 0.616. The fourth-order valence-electron chi connectivity index (χ4n) is 3.97. The summed E-state index contributed by atoms with van der Waals surface area (Å²) in [5, 5.41) is 6.28. The minimum absolute atomic E-state index is 0.0648. The van der Waals surface area contributed by atoms with Gasteiger partial charge in [-0.25, -0.2) is 15.0 Å². The number of imidazole rings is 1. The summed E-state index contributed by atoms with van der Waals surface area (Å²) in [6.07, 6.45) is 0.464. The van der Waals surface area contributed by atoms with Crippen LogP contribution in [0.4, 0.5) is 19.0 Å². The molecule has 180 valence electrons. The van der Waals surface area contributed by atoms with Crippen molar-refractivity contribution < 1.29 is 18.0 Å². The van der Waals surface area contributed by atoms with Crippen LogP contribution < -0.4 is 10.6 Å². The van der Waals surface area contributed by atoms with Gasteiger partial charge in [-0.3, -0.25) is 4.79 Å². The topological polar surface area (TPSA) is 84.7 Å². The minimum atomic E-state index is -4.50. The number of hydrogen-bond donors (Lipinski definition) is 2. The Hall–Kier alpha value is -2.85. The highest BCUT2D eigenvalue weighted by Gasteiger charge is 2.42. The van der Waals surface area contributed by atoms with Gasteiger partial charge in [-0.1, -0.05) is 24.3 Å². The summed E-state index contributed by atoms with van der Waals surface area (Å²) >= 11 is 11.7. The third-order valence-electron chi connectivity index (χ3n) is 5.82. The van der Waals surface area contributed by atoms with Gasteiger partial charge in [-0.15, -0.1) is 11.6 Å². The van der Waals surface area contributed by atoms with Gasteiger partial charge in [-0.2, -0.15) is 13.2 Å². The molecule has 0 bridgehead atoms. The normalized spacial score (nSPS) is 15.0. The molecule has 0 radical (unpaired) electrons. The predicted molar refractivity (Wildman–Crippen MR) is 122 cm³/mol. The van der Waals surface area contributed by atoms with Crippen LogP contribution in [0.1, 0.15) is 36.1 Å². The lowest BCUT2D eigenvalue weighted by molar-refractivity contribution is -0.140. The van der Waals surface area contributed by atoms with E-state index in [4.69, 9.17) is 23.2 Å². The fraction of sp³-hybridized carbons (Fsp3) is 0.364. The number of carbonyl (C=O) groups excluding carboxylic acids is 1. The molecule has 0 atom stereocenters. The molecule has 12 heteroatoms. The number of nitrogens with one attached hydrogen (secondary N) is 2. The van der Waals surface area contributed by atoms with Gasteiger partial charge >= 0.3 is 6.18 Å². The maximum Gasteiger partial charge on any atom is 0.434 e. The van der Waals surface area contributed by atoms with E-state index in [-0.39, 0.29) is 22.9 Å². The first-order valence-corrected chi connectivity index (χ1v) is 11.4. The molecule has 1 aliphatic carbocycles. The van der Waals surface area contributed by atoms with Crippen molar-refractivity contribution >= 4 is 34.9 Å². The van der Waals surface area contributed by atoms with Crippen molar-refractivity contribution in [3.05, 3.63) is 58.8 Å². The molecule has 1 fully saturated rings. The molecule has 2 N–H and O–H groups in total. The van der Waals surface area contributed by atoms with E-state index < -0.39 is 17.4 Å². The number of aryl methyl sites for hydroxylation is 1. The standard InChI is InChI=1S/C22H21Cl2F3N6O/c1-33-12-16(22(25,26)27)30-19(33)14-5-3-13(4-6-14)10-28-18-15(11-29-20(24)31-18)21(7-2-8-21)32-17(34)9-23/h3-6,11-12H,2,7-10H2,1H3,(H,32,34)(H,28,29,31). The first-order valence-electron chi connectivity index (χ1n) is 10.4. The second kappa shape index (κ2) is 9.42. The van der Waals surface area contributed by atoms with E-state index in [0.29, 0.717) is 17.9 Å². The molecule has 2 aromatic heterocycles. The number of halogens is 5. The Balaban J connectivity index is 1.52. The van der Waals surface area contributed by atoms with Gasteiger partial charge in [0.1, 0.15) is 17.5 Å². The molecule has 0 aliphatic heterocycles. The van der Waals surface area contributed by atoms with Crippen LogP contribution in [0.15, 0.2) is 36.7 Å². The summed E-state index contributed by atoms with van der Waals surface area (Å²) in [6, 6.07) is 7.01. The average molecular weight is 513 g/mol. The zero-order valence-corrected chi connectivity index (χ0v) is 19.6. The number of benzene rings is 1. The number of anilines is 1. The largest absolute Gasteiger partial charge is 0.434 e. The Morgan fingerprint density at radius 1 is 1.21 bits per heavy atom. The van der Waals surface area contributed by atoms with Crippen LogP contribution in [0.2, 0.25) is 5.28 Å². The van der Waals surface area contributed by atoms with Crippen molar-refractivity contribution in [2.75, 3.05) is 11.2 Å². The average Bonchev–Trinajstić information content (AvgIpc) is 3.17. The highest BCUT2D eigenvalue weighted by atomic mass is 35.5. The molecule has 7 nitrogen and oxygen atoms in total. The molecular formula is C22H21Cl2F3N6O. The van der Waals surface area contributed by atoms with Crippen LogP contribution in [0.25, 0.3) is 11.4 Å². The molecule has 0 saturated heterocycles. The number of rotatable bonds is 7. The van der Waals surface area contributed by atoms with E-state index in [1.54, 1.807) is 30.5 Å². The summed E-state index contributed by atoms with van der Waals surface area (Å²) in [5.74, 6) is 0.295. The van der Waals surface area contributed by atoms with E-state index in [2.05, 4.69) is 25.6 Å². The Kier molecular flexibility index (Phi) is 6.73. The Labute approximate surface area is 203 Å². The number of alkyl halides is 4. The lowest BCUT2D eigenvalue weighted by Crippen LogP contribution is -2.51. The summed E-state index contributed by atoms with van der Waals surface area (Å²) in [7, 11) is 1.52. The van der Waals surface area contributed by atoms with Crippen LogP contribution in [0, 0.1) is 0 Å². The van der Waals surface area contributed by atoms with Crippen LogP contribution in [-0.2, 0) is 30.1 Å². The third-order valence-corrected chi connectivity index (χ3v) is 6.25. The summed E-state index contributed by atoms with van der Waals surface area (Å²) in [4.78, 5) is 24.1. The molecule has 0 spiro atoms. The van der Waals surface area contributed by atoms with Gasteiger partial charge in [-0.05, 0) is 36.4 Å². The van der Waals surface area contributed by atoms with E-state index in [1.807, 2.05) is 0 Å². The zero-order valence-electron chi connectivity index (χ0n) is 18.1. The second-order valence-electron chi connectivity index (χ2n) is 8.13. The van der Waals surface area contributed by atoms with Crippen LogP contribution in [-0.4, -0.2) is 31.3 Å². The van der Waals surface area contributed by atoms with Crippen molar-refractivity contribution in [2.24, 2.45) is 7.05 Å². The quantitative estimate of drug-likeness (QED) is 0.347. The maximum atomic E-state index is 13.0. The van der Waals surface area contributed by atoms with Crippen LogP contribution >= 0.6 is 23.2 Å². The molecular weight excluding hydrogens is 492 g/mol. The Bertz CT molecular complexity index is 1190. The van der Waals surface area contributed by atoms with Crippen LogP contribution in [0.5, 0.6) is 0 Å². The highest BCUT2D eigenvalue weighted by Crippen LogP contribution is 2.44. The van der Waals surface area contributed by atoms with Crippen LogP contribution in [0.3, 0.4) is 0 Å². The van der Waals surface area contributed by atoms with Gasteiger partial charge in [0.05, 0.1) is 5.54 Å². The van der Waals surface area contributed by atoms with Crippen molar-refractivity contribution in [2.45, 2.75) is 37.5 Å². The number of aromatic nitrogens is 4. The molecule has 1 aromatic carbocycles. The van der Waals surface area contributed by atoms with E-state index in [1.165, 1.54) is 11.6 Å². The van der Waals surface area contributed by atoms with Gasteiger partial charge in [0.15, 0.2) is 5.69 Å². The van der Waals surface area contributed by atoms with Gasteiger partial charge in [0, 0.05) is 37.1 Å². The number of hydrogen-bond acceptors (Lipinski definition) is 5. The predicted octanol–water partition coefficient (Wildman–Crippen LogP) is 4.90. The molecule has 1 amide bonds. The van der Waals surface area contributed by atoms with E-state index in [9.17, 15) is 18.0 Å². The SMILES string of the molecule is Cn1cc(C(F)(F)F)nc1-c1ccc(CNc2nc(Cl)ncc2C2(NC(=O)CCl)CCC2)cc1. The number of amides is 1. The number of carbonyl (C=O) groups is 1. The molecule has 4 rings (SSSR count). The van der Waals surface area contributed by atoms with Gasteiger partial charge in [0.2, 0.25) is 11.2 Å². The second-order valence-corrected chi connectivity index (χ2v) is 8.73. The minimum Gasteiger partial charge on any atom is -0.366 e. The van der Waals surface area contributed by atoms with Crippen molar-refractivity contribution in [1.29, 1.82) is 0 Å². The number of nitrogens with zero attached hydrogens (tertiary/aromatic N) is 4. The van der Waals surface area contributed by atoms with E-state index >= 15 is 0 Å². The maximum absolute atomic E-state index is 13.0. The zero-order chi connectivity index (χ0) is 24.5. The summed E-state index contributed by atoms with van der Waals surface area (Å²) < 4.78 is 40.2. The highest BCUT2D eigenvalue weighted by molar-refractivity contribution is 6.28. The molecule has 2 heterocycles. The third kappa shape index (κ3) is 4.97. The molecule has 0 unspecified atom stereocenters. The Morgan fingerprint density at radius 3 is 2.47 bits per heavy atom. The molecule has 1 aliphatic rings. The van der Waals surface area contributed by atoms with Gasteiger partial charge in [0.25, 0.3) is 0 Å². The fourth-order valence-corrected chi connectivity index (χ4v) is 4.17. The molecule has 3 aromatic rings. The lowest BCUT2D eigenvalue weighted by atomic mass is 9.72. The summed E-state index contributed by atoms with van der Waals surface area (Å²) in [6.45, 7) is 0.370. The van der Waals surface area contributed by atoms with E-state index in [0.717, 1.165) is 36.6 Å². The first kappa shape index (κ1) is 24.3. The first-order chi connectivity index (χ1) is 16.1. The monoisotopic (exact) mass is 512 g/mol. The van der Waals surface area contributed by atoms with Crippen molar-refractivity contribution in [3.8, 4) is 11.4 Å². The smallest absolute Gasteiger partial charge is 0.366 e. The molecule has 34 heavy (non-hydrogen) atoms. The van der Waals surface area contributed by atoms with Crippen molar-refractivity contribution in [3.63, 3.8) is 0 Å². The molecule has 1 saturated carbocycles. The Morgan fingerprint density at radius 2 is 1.91 bits per heavy atom. The lowest BCUT2D eigenvalue weighted by Gasteiger charge is -2.43.